The van der Waals surface area contributed by atoms with Gasteiger partial charge in [0.1, 0.15) is 4.47 Å². The molecule has 2 N–H and O–H groups in total. The molecular weight excluding hydrogens is 324 g/mol. The molecule has 0 amide bonds. The summed E-state index contributed by atoms with van der Waals surface area (Å²) in [4.78, 5) is 14.3. The Bertz CT molecular complexity index is 498. The van der Waals surface area contributed by atoms with Crippen LogP contribution < -0.4 is 15.8 Å². The normalized spacial score (nSPS) is 16.6. The van der Waals surface area contributed by atoms with E-state index in [0.717, 1.165) is 38.2 Å². The van der Waals surface area contributed by atoms with Gasteiger partial charge < -0.3 is 15.3 Å². The van der Waals surface area contributed by atoms with Crippen LogP contribution in [0.2, 0.25) is 0 Å². The highest BCUT2D eigenvalue weighted by atomic mass is 79.9. The van der Waals surface area contributed by atoms with E-state index in [2.05, 4.69) is 38.2 Å². The SMILES string of the molecule is CCNC1CCN(c2cnn(CCO)c(=O)c2Br)CC1. The van der Waals surface area contributed by atoms with Gasteiger partial charge in [-0.05, 0) is 35.3 Å². The topological polar surface area (TPSA) is 70.4 Å². The molecular formula is C13H21BrN4O2. The average Bonchev–Trinajstić information content (AvgIpc) is 2.46. The summed E-state index contributed by atoms with van der Waals surface area (Å²) in [5.74, 6) is 0. The van der Waals surface area contributed by atoms with E-state index < -0.39 is 0 Å². The quantitative estimate of drug-likeness (QED) is 0.817. The fraction of sp³-hybridized carbons (Fsp3) is 0.692. The molecule has 1 aromatic heterocycles. The van der Waals surface area contributed by atoms with Gasteiger partial charge in [0.2, 0.25) is 0 Å². The van der Waals surface area contributed by atoms with Crippen molar-refractivity contribution in [3.63, 3.8) is 0 Å². The summed E-state index contributed by atoms with van der Waals surface area (Å²) < 4.78 is 1.81. The minimum Gasteiger partial charge on any atom is -0.394 e. The third kappa shape index (κ3) is 3.39. The van der Waals surface area contributed by atoms with E-state index in [1.54, 1.807) is 6.20 Å². The third-order valence-electron chi connectivity index (χ3n) is 3.61. The molecule has 2 heterocycles. The number of nitrogens with zero attached hydrogens (tertiary/aromatic N) is 3. The summed E-state index contributed by atoms with van der Waals surface area (Å²) >= 11 is 3.37. The van der Waals surface area contributed by atoms with Gasteiger partial charge in [0.25, 0.3) is 5.56 Å². The van der Waals surface area contributed by atoms with Crippen molar-refractivity contribution in [1.82, 2.24) is 15.1 Å². The number of piperidine rings is 1. The molecule has 0 spiro atoms. The molecule has 0 radical (unpaired) electrons. The van der Waals surface area contributed by atoms with Gasteiger partial charge in [0, 0.05) is 19.1 Å². The lowest BCUT2D eigenvalue weighted by Gasteiger charge is -2.34. The minimum atomic E-state index is -0.189. The number of aromatic nitrogens is 2. The van der Waals surface area contributed by atoms with Crippen molar-refractivity contribution < 1.29 is 5.11 Å². The van der Waals surface area contributed by atoms with Crippen LogP contribution in [0.5, 0.6) is 0 Å². The Kier molecular flexibility index (Phi) is 5.56. The Balaban J connectivity index is 2.11. The molecule has 2 rings (SSSR count). The van der Waals surface area contributed by atoms with Crippen molar-refractivity contribution in [2.75, 3.05) is 31.1 Å². The van der Waals surface area contributed by atoms with Gasteiger partial charge in [-0.15, -0.1) is 0 Å². The highest BCUT2D eigenvalue weighted by Crippen LogP contribution is 2.24. The zero-order valence-corrected chi connectivity index (χ0v) is 13.3. The standard InChI is InChI=1S/C13H21BrN4O2/c1-2-15-10-3-5-17(6-4-10)11-9-16-18(7-8-19)13(20)12(11)14/h9-10,15,19H,2-8H2,1H3. The summed E-state index contributed by atoms with van der Waals surface area (Å²) in [6, 6.07) is 0.567. The van der Waals surface area contributed by atoms with Crippen LogP contribution in [0.1, 0.15) is 19.8 Å². The van der Waals surface area contributed by atoms with Crippen molar-refractivity contribution in [3.8, 4) is 0 Å². The summed E-state index contributed by atoms with van der Waals surface area (Å²) in [7, 11) is 0. The molecule has 1 aliphatic rings. The minimum absolute atomic E-state index is 0.0905. The van der Waals surface area contributed by atoms with Crippen LogP contribution in [-0.4, -0.2) is 47.2 Å². The number of hydrogen-bond donors (Lipinski definition) is 2. The van der Waals surface area contributed by atoms with E-state index in [4.69, 9.17) is 5.11 Å². The number of anilines is 1. The Morgan fingerprint density at radius 2 is 2.20 bits per heavy atom. The van der Waals surface area contributed by atoms with Crippen LogP contribution in [0, 0.1) is 0 Å². The van der Waals surface area contributed by atoms with Crippen molar-refractivity contribution in [2.24, 2.45) is 0 Å². The van der Waals surface area contributed by atoms with Crippen LogP contribution in [-0.2, 0) is 6.54 Å². The summed E-state index contributed by atoms with van der Waals surface area (Å²) in [5, 5.41) is 16.5. The summed E-state index contributed by atoms with van der Waals surface area (Å²) in [6.45, 7) is 5.08. The van der Waals surface area contributed by atoms with Crippen molar-refractivity contribution in [2.45, 2.75) is 32.4 Å². The van der Waals surface area contributed by atoms with Gasteiger partial charge in [0.05, 0.1) is 25.0 Å². The lowest BCUT2D eigenvalue weighted by molar-refractivity contribution is 0.266. The van der Waals surface area contributed by atoms with E-state index in [1.807, 2.05) is 0 Å². The van der Waals surface area contributed by atoms with Gasteiger partial charge >= 0.3 is 0 Å². The second-order valence-corrected chi connectivity index (χ2v) is 5.71. The molecule has 6 nitrogen and oxygen atoms in total. The van der Waals surface area contributed by atoms with Crippen molar-refractivity contribution >= 4 is 21.6 Å². The number of aliphatic hydroxyl groups excluding tert-OH is 1. The maximum absolute atomic E-state index is 12.1. The first-order valence-electron chi connectivity index (χ1n) is 7.02. The van der Waals surface area contributed by atoms with Gasteiger partial charge in [-0.2, -0.15) is 5.10 Å². The molecule has 7 heteroatoms. The van der Waals surface area contributed by atoms with Gasteiger partial charge in [0.15, 0.2) is 0 Å². The molecule has 1 fully saturated rings. The fourth-order valence-corrected chi connectivity index (χ4v) is 3.10. The zero-order chi connectivity index (χ0) is 14.5. The summed E-state index contributed by atoms with van der Waals surface area (Å²) in [6.07, 6.45) is 3.84. The highest BCUT2D eigenvalue weighted by Gasteiger charge is 2.21. The molecule has 0 bridgehead atoms. The largest absolute Gasteiger partial charge is 0.394 e. The molecule has 0 unspecified atom stereocenters. The maximum atomic E-state index is 12.1. The Hall–Kier alpha value is -0.920. The van der Waals surface area contributed by atoms with Gasteiger partial charge in [-0.1, -0.05) is 6.92 Å². The Labute approximate surface area is 126 Å². The number of rotatable bonds is 5. The van der Waals surface area contributed by atoms with Crippen LogP contribution in [0.15, 0.2) is 15.5 Å². The zero-order valence-electron chi connectivity index (χ0n) is 11.7. The van der Waals surface area contributed by atoms with E-state index in [-0.39, 0.29) is 18.7 Å². The first kappa shape index (κ1) is 15.5. The van der Waals surface area contributed by atoms with Gasteiger partial charge in [-0.25, -0.2) is 4.68 Å². The van der Waals surface area contributed by atoms with Crippen LogP contribution in [0.3, 0.4) is 0 Å². The molecule has 20 heavy (non-hydrogen) atoms. The molecule has 1 aromatic rings. The monoisotopic (exact) mass is 344 g/mol. The lowest BCUT2D eigenvalue weighted by Crippen LogP contribution is -2.43. The number of hydrogen-bond acceptors (Lipinski definition) is 5. The van der Waals surface area contributed by atoms with Crippen LogP contribution in [0.4, 0.5) is 5.69 Å². The highest BCUT2D eigenvalue weighted by molar-refractivity contribution is 9.10. The van der Waals surface area contributed by atoms with E-state index >= 15 is 0 Å². The Morgan fingerprint density at radius 1 is 1.50 bits per heavy atom. The second kappa shape index (κ2) is 7.19. The third-order valence-corrected chi connectivity index (χ3v) is 4.35. The molecule has 112 valence electrons. The molecule has 0 aliphatic carbocycles. The van der Waals surface area contributed by atoms with Crippen molar-refractivity contribution in [1.29, 1.82) is 0 Å². The van der Waals surface area contributed by atoms with Crippen LogP contribution in [0.25, 0.3) is 0 Å². The van der Waals surface area contributed by atoms with Crippen molar-refractivity contribution in [3.05, 3.63) is 21.0 Å². The fourth-order valence-electron chi connectivity index (χ4n) is 2.54. The number of aliphatic hydroxyl groups is 1. The Morgan fingerprint density at radius 3 is 2.80 bits per heavy atom. The predicted molar refractivity (Wildman–Crippen MR) is 82.2 cm³/mol. The average molecular weight is 345 g/mol. The molecule has 0 aromatic carbocycles. The van der Waals surface area contributed by atoms with E-state index in [0.29, 0.717) is 10.5 Å². The summed E-state index contributed by atoms with van der Waals surface area (Å²) in [5.41, 5.74) is 0.657. The lowest BCUT2D eigenvalue weighted by atomic mass is 10.0. The van der Waals surface area contributed by atoms with Crippen LogP contribution >= 0.6 is 15.9 Å². The molecule has 0 atom stereocenters. The first-order chi connectivity index (χ1) is 9.67. The molecule has 0 saturated carbocycles. The van der Waals surface area contributed by atoms with E-state index in [9.17, 15) is 4.79 Å². The second-order valence-electron chi connectivity index (χ2n) is 4.91. The molecule has 1 saturated heterocycles. The number of halogens is 1. The van der Waals surface area contributed by atoms with Gasteiger partial charge in [-0.3, -0.25) is 4.79 Å². The maximum Gasteiger partial charge on any atom is 0.283 e. The first-order valence-corrected chi connectivity index (χ1v) is 7.81. The molecule has 1 aliphatic heterocycles. The number of nitrogens with one attached hydrogen (secondary N) is 1. The van der Waals surface area contributed by atoms with E-state index in [1.165, 1.54) is 4.68 Å². The smallest absolute Gasteiger partial charge is 0.283 e. The predicted octanol–water partition coefficient (Wildman–Crippen LogP) is 0.576.